The first-order valence-electron chi connectivity index (χ1n) is 10.0. The number of pyridine rings is 1. The molecule has 0 aliphatic carbocycles. The molecule has 0 bridgehead atoms. The number of amides is 2. The van der Waals surface area contributed by atoms with Crippen LogP contribution in [0.2, 0.25) is 0 Å². The minimum absolute atomic E-state index is 0.0181. The van der Waals surface area contributed by atoms with Crippen LogP contribution in [0.5, 0.6) is 11.5 Å². The second-order valence-corrected chi connectivity index (χ2v) is 7.52. The molecule has 0 spiro atoms. The molecule has 30 heavy (non-hydrogen) atoms. The van der Waals surface area contributed by atoms with E-state index in [0.717, 1.165) is 13.0 Å². The van der Waals surface area contributed by atoms with Crippen molar-refractivity contribution >= 4 is 22.7 Å². The van der Waals surface area contributed by atoms with E-state index in [1.807, 2.05) is 25.9 Å². The van der Waals surface area contributed by atoms with Crippen LogP contribution in [0, 0.1) is 0 Å². The Kier molecular flexibility index (Phi) is 6.61. The number of nitrogens with one attached hydrogen (secondary N) is 2. The molecule has 0 saturated heterocycles. The molecule has 1 aromatic carbocycles. The topological polar surface area (TPSA) is 102 Å². The quantitative estimate of drug-likeness (QED) is 0.621. The molecule has 1 aliphatic heterocycles. The highest BCUT2D eigenvalue weighted by Crippen LogP contribution is 2.35. The Balaban J connectivity index is 1.78. The van der Waals surface area contributed by atoms with Crippen molar-refractivity contribution in [1.29, 1.82) is 0 Å². The summed E-state index contributed by atoms with van der Waals surface area (Å²) in [5.74, 6) is 0.172. The van der Waals surface area contributed by atoms with Gasteiger partial charge in [0.1, 0.15) is 11.6 Å². The van der Waals surface area contributed by atoms with Crippen molar-refractivity contribution in [3.05, 3.63) is 34.1 Å². The van der Waals surface area contributed by atoms with Crippen molar-refractivity contribution < 1.29 is 19.1 Å². The molecule has 1 aliphatic rings. The van der Waals surface area contributed by atoms with Crippen molar-refractivity contribution in [1.82, 2.24) is 20.1 Å². The van der Waals surface area contributed by atoms with Gasteiger partial charge in [0.15, 0.2) is 11.5 Å². The first-order chi connectivity index (χ1) is 14.3. The zero-order valence-electron chi connectivity index (χ0n) is 17.8. The van der Waals surface area contributed by atoms with Gasteiger partial charge >= 0.3 is 0 Å². The fraction of sp³-hybridized carbons (Fsp3) is 0.476. The zero-order valence-corrected chi connectivity index (χ0v) is 17.8. The van der Waals surface area contributed by atoms with Crippen molar-refractivity contribution in [2.24, 2.45) is 0 Å². The smallest absolute Gasteiger partial charge is 0.257 e. The summed E-state index contributed by atoms with van der Waals surface area (Å²) < 4.78 is 12.6. The van der Waals surface area contributed by atoms with Crippen LogP contribution in [0.4, 0.5) is 0 Å². The molecule has 2 heterocycles. The van der Waals surface area contributed by atoms with Crippen LogP contribution in [-0.2, 0) is 11.3 Å². The zero-order chi connectivity index (χ0) is 21.8. The Hall–Kier alpha value is -3.07. The Bertz CT molecular complexity index is 1010. The number of benzene rings is 1. The monoisotopic (exact) mass is 416 g/mol. The third-order valence-corrected chi connectivity index (χ3v) is 4.98. The maximum atomic E-state index is 13.0. The van der Waals surface area contributed by atoms with Gasteiger partial charge in [0, 0.05) is 25.4 Å². The van der Waals surface area contributed by atoms with Gasteiger partial charge < -0.3 is 29.6 Å². The van der Waals surface area contributed by atoms with E-state index in [-0.39, 0.29) is 18.3 Å². The lowest BCUT2D eigenvalue weighted by atomic mass is 10.1. The number of rotatable bonds is 8. The molecule has 2 amide bonds. The van der Waals surface area contributed by atoms with Gasteiger partial charge in [0.05, 0.1) is 10.9 Å². The summed E-state index contributed by atoms with van der Waals surface area (Å²) in [6.07, 6.45) is 2.32. The van der Waals surface area contributed by atoms with Crippen LogP contribution >= 0.6 is 0 Å². The molecule has 9 nitrogen and oxygen atoms in total. The van der Waals surface area contributed by atoms with E-state index >= 15 is 0 Å². The molecular weight excluding hydrogens is 388 g/mol. The van der Waals surface area contributed by atoms with E-state index in [1.165, 1.54) is 6.20 Å². The van der Waals surface area contributed by atoms with E-state index in [9.17, 15) is 14.4 Å². The minimum Gasteiger partial charge on any atom is -0.454 e. The molecule has 0 fully saturated rings. The molecule has 2 aromatic rings. The first kappa shape index (κ1) is 21.6. The van der Waals surface area contributed by atoms with E-state index in [4.69, 9.17) is 9.47 Å². The fourth-order valence-electron chi connectivity index (χ4n) is 3.30. The number of hydrogen-bond acceptors (Lipinski definition) is 6. The molecule has 0 radical (unpaired) electrons. The van der Waals surface area contributed by atoms with Crippen molar-refractivity contribution in [2.45, 2.75) is 32.9 Å². The Labute approximate surface area is 174 Å². The van der Waals surface area contributed by atoms with Crippen LogP contribution in [0.25, 0.3) is 10.9 Å². The predicted octanol–water partition coefficient (Wildman–Crippen LogP) is 0.936. The Morgan fingerprint density at radius 3 is 2.60 bits per heavy atom. The van der Waals surface area contributed by atoms with Gasteiger partial charge in [-0.15, -0.1) is 0 Å². The number of aromatic nitrogens is 1. The number of hydrogen-bond donors (Lipinski definition) is 2. The van der Waals surface area contributed by atoms with Gasteiger partial charge in [-0.05, 0) is 47.0 Å². The van der Waals surface area contributed by atoms with Gasteiger partial charge in [-0.3, -0.25) is 14.4 Å². The van der Waals surface area contributed by atoms with E-state index in [1.54, 1.807) is 23.6 Å². The number of carbonyl (C=O) groups is 2. The lowest BCUT2D eigenvalue weighted by molar-refractivity contribution is -0.122. The summed E-state index contributed by atoms with van der Waals surface area (Å²) in [5, 5.41) is 5.79. The molecule has 1 aromatic heterocycles. The molecule has 0 unspecified atom stereocenters. The molecule has 3 rings (SSSR count). The molecule has 1 atom stereocenters. The minimum atomic E-state index is -0.765. The number of nitrogens with zero attached hydrogens (tertiary/aromatic N) is 2. The summed E-state index contributed by atoms with van der Waals surface area (Å²) in [7, 11) is 3.93. The summed E-state index contributed by atoms with van der Waals surface area (Å²) in [6.45, 7) is 5.53. The summed E-state index contributed by atoms with van der Waals surface area (Å²) in [5.41, 5.74) is 0.231. The third-order valence-electron chi connectivity index (χ3n) is 4.98. The molecule has 0 saturated carbocycles. The maximum Gasteiger partial charge on any atom is 0.257 e. The third kappa shape index (κ3) is 4.56. The number of ether oxygens (including phenoxy) is 2. The van der Waals surface area contributed by atoms with E-state index < -0.39 is 17.4 Å². The lowest BCUT2D eigenvalue weighted by Crippen LogP contribution is -2.46. The highest BCUT2D eigenvalue weighted by Gasteiger charge is 2.22. The largest absolute Gasteiger partial charge is 0.454 e. The average Bonchev–Trinajstić information content (AvgIpc) is 3.17. The van der Waals surface area contributed by atoms with Gasteiger partial charge in [-0.1, -0.05) is 0 Å². The summed E-state index contributed by atoms with van der Waals surface area (Å²) >= 11 is 0. The van der Waals surface area contributed by atoms with Crippen molar-refractivity contribution in [3.63, 3.8) is 0 Å². The van der Waals surface area contributed by atoms with Crippen molar-refractivity contribution in [2.75, 3.05) is 34.0 Å². The van der Waals surface area contributed by atoms with Gasteiger partial charge in [-0.25, -0.2) is 0 Å². The molecule has 9 heteroatoms. The van der Waals surface area contributed by atoms with Crippen LogP contribution in [0.1, 0.15) is 30.6 Å². The normalized spacial score (nSPS) is 13.5. The van der Waals surface area contributed by atoms with Crippen LogP contribution in [0.3, 0.4) is 0 Å². The SMILES string of the molecule is CCn1cc(C(=O)N[C@H](C)C(=O)NCCCN(C)C)c(=O)c2cc3c(cc21)OCO3. The molecule has 2 N–H and O–H groups in total. The fourth-order valence-corrected chi connectivity index (χ4v) is 3.30. The summed E-state index contributed by atoms with van der Waals surface area (Å²) in [6, 6.07) is 2.58. The molecular formula is C21H28N4O5. The second-order valence-electron chi connectivity index (χ2n) is 7.52. The highest BCUT2D eigenvalue weighted by atomic mass is 16.7. The first-order valence-corrected chi connectivity index (χ1v) is 10.0. The number of fused-ring (bicyclic) bond motifs is 2. The Morgan fingerprint density at radius 2 is 1.93 bits per heavy atom. The molecule has 162 valence electrons. The second kappa shape index (κ2) is 9.17. The van der Waals surface area contributed by atoms with Crippen molar-refractivity contribution in [3.8, 4) is 11.5 Å². The standard InChI is InChI=1S/C21H28N4O5/c1-5-25-11-15(19(26)14-9-17-18(10-16(14)25)30-12-29-17)21(28)23-13(2)20(27)22-7-6-8-24(3)4/h9-11,13H,5-8,12H2,1-4H3,(H,22,27)(H,23,28)/t13-/m1/s1. The van der Waals surface area contributed by atoms with Crippen LogP contribution < -0.4 is 25.5 Å². The van der Waals surface area contributed by atoms with Gasteiger partial charge in [0.25, 0.3) is 5.91 Å². The van der Waals surface area contributed by atoms with E-state index in [2.05, 4.69) is 10.6 Å². The number of carbonyl (C=O) groups excluding carboxylic acids is 2. The Morgan fingerprint density at radius 1 is 1.23 bits per heavy atom. The number of aryl methyl sites for hydroxylation is 1. The summed E-state index contributed by atoms with van der Waals surface area (Å²) in [4.78, 5) is 40.0. The highest BCUT2D eigenvalue weighted by molar-refractivity contribution is 6.00. The van der Waals surface area contributed by atoms with Crippen LogP contribution in [-0.4, -0.2) is 61.3 Å². The van der Waals surface area contributed by atoms with Gasteiger partial charge in [0.2, 0.25) is 18.1 Å². The maximum absolute atomic E-state index is 13.0. The predicted molar refractivity (Wildman–Crippen MR) is 113 cm³/mol. The van der Waals surface area contributed by atoms with E-state index in [0.29, 0.717) is 35.5 Å². The van der Waals surface area contributed by atoms with Crippen LogP contribution in [0.15, 0.2) is 23.1 Å². The lowest BCUT2D eigenvalue weighted by Gasteiger charge is -2.16. The van der Waals surface area contributed by atoms with Gasteiger partial charge in [-0.2, -0.15) is 0 Å². The average molecular weight is 416 g/mol.